The monoisotopic (exact) mass is 320 g/mol. The highest BCUT2D eigenvalue weighted by molar-refractivity contribution is 5.10. The van der Waals surface area contributed by atoms with Gasteiger partial charge in [-0.3, -0.25) is 9.97 Å². The van der Waals surface area contributed by atoms with E-state index >= 15 is 0 Å². The van der Waals surface area contributed by atoms with E-state index < -0.39 is 0 Å². The minimum atomic E-state index is 0.772. The summed E-state index contributed by atoms with van der Waals surface area (Å²) in [7, 11) is 0. The van der Waals surface area contributed by atoms with E-state index in [1.165, 1.54) is 0 Å². The molecule has 0 fully saturated rings. The Bertz CT molecular complexity index is 753. The first-order valence-electron chi connectivity index (χ1n) is 8.05. The van der Waals surface area contributed by atoms with Crippen molar-refractivity contribution in [2.75, 3.05) is 0 Å². The van der Waals surface area contributed by atoms with Crippen LogP contribution in [0.4, 0.5) is 0 Å². The van der Waals surface area contributed by atoms with Crippen LogP contribution in [0.5, 0.6) is 0 Å². The fourth-order valence-corrected chi connectivity index (χ4v) is 2.48. The molecule has 0 amide bonds. The second-order valence-corrected chi connectivity index (χ2v) is 5.77. The molecule has 0 bridgehead atoms. The van der Waals surface area contributed by atoms with Crippen LogP contribution in [0.15, 0.2) is 37.1 Å². The van der Waals surface area contributed by atoms with E-state index in [1.54, 1.807) is 12.5 Å². The van der Waals surface area contributed by atoms with Gasteiger partial charge < -0.3 is 0 Å². The zero-order chi connectivity index (χ0) is 16.8. The summed E-state index contributed by atoms with van der Waals surface area (Å²) in [5.41, 5.74) is 4.96. The van der Waals surface area contributed by atoms with Gasteiger partial charge in [-0.1, -0.05) is 0 Å². The Morgan fingerprint density at radius 3 is 2.42 bits per heavy atom. The normalized spacial score (nSPS) is 10.8. The lowest BCUT2D eigenvalue weighted by Gasteiger charge is -2.05. The Morgan fingerprint density at radius 1 is 0.750 bits per heavy atom. The van der Waals surface area contributed by atoms with Gasteiger partial charge in [-0.15, -0.1) is 0 Å². The van der Waals surface area contributed by atoms with Gasteiger partial charge in [0.2, 0.25) is 0 Å². The van der Waals surface area contributed by atoms with E-state index in [-0.39, 0.29) is 0 Å². The molecule has 0 aliphatic carbocycles. The molecule has 0 aliphatic heterocycles. The van der Waals surface area contributed by atoms with Gasteiger partial charge in [0.05, 0.1) is 11.4 Å². The van der Waals surface area contributed by atoms with Crippen molar-refractivity contribution in [2.45, 2.75) is 39.5 Å². The Labute approximate surface area is 141 Å². The lowest BCUT2D eigenvalue weighted by Crippen LogP contribution is -2.04. The summed E-state index contributed by atoms with van der Waals surface area (Å²) in [6.45, 7) is 3.92. The molecule has 3 aromatic rings. The van der Waals surface area contributed by atoms with Crippen LogP contribution in [0.3, 0.4) is 0 Å². The van der Waals surface area contributed by atoms with Gasteiger partial charge in [-0.25, -0.2) is 19.9 Å². The van der Waals surface area contributed by atoms with Crippen LogP contribution in [0.25, 0.3) is 0 Å². The van der Waals surface area contributed by atoms with Crippen molar-refractivity contribution < 1.29 is 0 Å². The first-order chi connectivity index (χ1) is 11.7. The third-order valence-electron chi connectivity index (χ3n) is 3.67. The molecule has 0 N–H and O–H groups in total. The van der Waals surface area contributed by atoms with E-state index in [0.717, 1.165) is 60.0 Å². The van der Waals surface area contributed by atoms with Gasteiger partial charge in [0.15, 0.2) is 0 Å². The van der Waals surface area contributed by atoms with Gasteiger partial charge in [0.1, 0.15) is 12.2 Å². The fraction of sp³-hybridized carbons (Fsp3) is 0.333. The van der Waals surface area contributed by atoms with Crippen molar-refractivity contribution in [3.05, 3.63) is 71.3 Å². The van der Waals surface area contributed by atoms with E-state index in [2.05, 4.69) is 29.9 Å². The van der Waals surface area contributed by atoms with Crippen LogP contribution in [0, 0.1) is 13.8 Å². The molecule has 0 aliphatic rings. The third kappa shape index (κ3) is 4.62. The lowest BCUT2D eigenvalue weighted by atomic mass is 10.1. The first kappa shape index (κ1) is 16.1. The molecule has 0 aromatic carbocycles. The van der Waals surface area contributed by atoms with Crippen molar-refractivity contribution in [1.29, 1.82) is 0 Å². The smallest absolute Gasteiger partial charge is 0.128 e. The molecule has 0 saturated heterocycles. The summed E-state index contributed by atoms with van der Waals surface area (Å²) in [5.74, 6) is 0.846. The summed E-state index contributed by atoms with van der Waals surface area (Å²) in [6, 6.07) is 3.96. The zero-order valence-electron chi connectivity index (χ0n) is 14.0. The van der Waals surface area contributed by atoms with Gasteiger partial charge >= 0.3 is 0 Å². The van der Waals surface area contributed by atoms with Crippen LogP contribution in [-0.4, -0.2) is 29.9 Å². The summed E-state index contributed by atoms with van der Waals surface area (Å²) < 4.78 is 0. The molecular formula is C18H20N6. The SMILES string of the molecule is Cc1cc(CCc2nccc(CCc3cncc(C)n3)n2)ncn1. The largest absolute Gasteiger partial charge is 0.261 e. The van der Waals surface area contributed by atoms with Crippen LogP contribution in [0.1, 0.15) is 34.3 Å². The minimum Gasteiger partial charge on any atom is -0.261 e. The number of aromatic nitrogens is 6. The van der Waals surface area contributed by atoms with Crippen molar-refractivity contribution in [1.82, 2.24) is 29.9 Å². The summed E-state index contributed by atoms with van der Waals surface area (Å²) in [6.07, 6.45) is 10.3. The number of hydrogen-bond donors (Lipinski definition) is 0. The van der Waals surface area contributed by atoms with Crippen molar-refractivity contribution >= 4 is 0 Å². The maximum atomic E-state index is 4.65. The molecule has 0 unspecified atom stereocenters. The molecule has 6 nitrogen and oxygen atoms in total. The van der Waals surface area contributed by atoms with E-state index in [1.807, 2.05) is 38.4 Å². The number of rotatable bonds is 6. The first-order valence-corrected chi connectivity index (χ1v) is 8.05. The third-order valence-corrected chi connectivity index (χ3v) is 3.67. The van der Waals surface area contributed by atoms with Gasteiger partial charge in [-0.2, -0.15) is 0 Å². The van der Waals surface area contributed by atoms with E-state index in [9.17, 15) is 0 Å². The fourth-order valence-electron chi connectivity index (χ4n) is 2.48. The summed E-state index contributed by atoms with van der Waals surface area (Å²) >= 11 is 0. The quantitative estimate of drug-likeness (QED) is 0.693. The molecule has 122 valence electrons. The molecule has 0 radical (unpaired) electrons. The van der Waals surface area contributed by atoms with E-state index in [4.69, 9.17) is 0 Å². The maximum Gasteiger partial charge on any atom is 0.128 e. The molecular weight excluding hydrogens is 300 g/mol. The Hall–Kier alpha value is -2.76. The molecule has 24 heavy (non-hydrogen) atoms. The van der Waals surface area contributed by atoms with Gasteiger partial charge in [0.25, 0.3) is 0 Å². The molecule has 6 heteroatoms. The molecule has 3 heterocycles. The minimum absolute atomic E-state index is 0.772. The highest BCUT2D eigenvalue weighted by atomic mass is 14.9. The average molecular weight is 320 g/mol. The van der Waals surface area contributed by atoms with Crippen molar-refractivity contribution in [2.24, 2.45) is 0 Å². The predicted octanol–water partition coefficient (Wildman–Crippen LogP) is 2.24. The highest BCUT2D eigenvalue weighted by Crippen LogP contribution is 2.06. The second kappa shape index (κ2) is 7.68. The summed E-state index contributed by atoms with van der Waals surface area (Å²) in [4.78, 5) is 26.1. The number of nitrogens with zero attached hydrogens (tertiary/aromatic N) is 6. The second-order valence-electron chi connectivity index (χ2n) is 5.77. The Balaban J connectivity index is 1.59. The van der Waals surface area contributed by atoms with E-state index in [0.29, 0.717) is 0 Å². The number of hydrogen-bond acceptors (Lipinski definition) is 6. The Morgan fingerprint density at radius 2 is 1.58 bits per heavy atom. The van der Waals surface area contributed by atoms with Crippen LogP contribution in [0.2, 0.25) is 0 Å². The van der Waals surface area contributed by atoms with Gasteiger partial charge in [-0.05, 0) is 45.2 Å². The predicted molar refractivity (Wildman–Crippen MR) is 90.4 cm³/mol. The number of aryl methyl sites for hydroxylation is 6. The zero-order valence-corrected chi connectivity index (χ0v) is 14.0. The average Bonchev–Trinajstić information content (AvgIpc) is 2.59. The molecule has 0 saturated carbocycles. The molecule has 3 aromatic heterocycles. The standard InChI is InChI=1S/C18H20N6/c1-13-9-16(22-12-21-13)5-6-18-20-8-7-15(24-18)3-4-17-11-19-10-14(2)23-17/h7-12H,3-6H2,1-2H3. The molecule has 3 rings (SSSR count). The van der Waals surface area contributed by atoms with Crippen LogP contribution >= 0.6 is 0 Å². The van der Waals surface area contributed by atoms with Crippen molar-refractivity contribution in [3.63, 3.8) is 0 Å². The highest BCUT2D eigenvalue weighted by Gasteiger charge is 2.04. The molecule has 0 atom stereocenters. The lowest BCUT2D eigenvalue weighted by molar-refractivity contribution is 0.789. The van der Waals surface area contributed by atoms with Crippen molar-refractivity contribution in [3.8, 4) is 0 Å². The van der Waals surface area contributed by atoms with Crippen LogP contribution in [-0.2, 0) is 25.7 Å². The topological polar surface area (TPSA) is 77.3 Å². The molecule has 0 spiro atoms. The Kier molecular flexibility index (Phi) is 5.15. The van der Waals surface area contributed by atoms with Gasteiger partial charge in [0, 0.05) is 42.1 Å². The summed E-state index contributed by atoms with van der Waals surface area (Å²) in [5, 5.41) is 0. The van der Waals surface area contributed by atoms with Crippen LogP contribution < -0.4 is 0 Å². The maximum absolute atomic E-state index is 4.65.